The van der Waals surface area contributed by atoms with Crippen LogP contribution in [0.2, 0.25) is 10.0 Å². The molecule has 0 radical (unpaired) electrons. The van der Waals surface area contributed by atoms with Crippen LogP contribution in [0.5, 0.6) is 0 Å². The molecule has 3 rings (SSSR count). The van der Waals surface area contributed by atoms with Crippen LogP contribution in [0.15, 0.2) is 29.1 Å². The van der Waals surface area contributed by atoms with Crippen LogP contribution in [-0.2, 0) is 11.3 Å². The molecule has 0 amide bonds. The highest BCUT2D eigenvalue weighted by atomic mass is 35.5. The lowest BCUT2D eigenvalue weighted by Gasteiger charge is -2.13. The zero-order valence-electron chi connectivity index (χ0n) is 13.8. The Kier molecular flexibility index (Phi) is 5.13. The van der Waals surface area contributed by atoms with Gasteiger partial charge in [0.25, 0.3) is 5.56 Å². The van der Waals surface area contributed by atoms with Gasteiger partial charge in [0.1, 0.15) is 5.65 Å². The number of carbonyl (C=O) groups is 1. The molecule has 134 valence electrons. The van der Waals surface area contributed by atoms with Gasteiger partial charge >= 0.3 is 5.97 Å². The number of rotatable bonds is 3. The molecule has 1 aromatic carbocycles. The summed E-state index contributed by atoms with van der Waals surface area (Å²) in [7, 11) is 1.24. The molecular weight excluding hydrogens is 397 g/mol. The van der Waals surface area contributed by atoms with Crippen molar-refractivity contribution >= 4 is 52.4 Å². The average molecular weight is 410 g/mol. The van der Waals surface area contributed by atoms with Gasteiger partial charge in [-0.1, -0.05) is 23.2 Å². The van der Waals surface area contributed by atoms with E-state index in [4.69, 9.17) is 40.2 Å². The number of H-pyrrole nitrogens is 1. The summed E-state index contributed by atoms with van der Waals surface area (Å²) >= 11 is 17.4. The van der Waals surface area contributed by atoms with Crippen molar-refractivity contribution in [1.82, 2.24) is 14.5 Å². The SMILES string of the molecule is CCn1c(=S)[nH]c(=O)c2c(C(=O)OC)cc(-c3ccc(Cl)cc3Cl)nc21. The van der Waals surface area contributed by atoms with Crippen molar-refractivity contribution < 1.29 is 9.53 Å². The van der Waals surface area contributed by atoms with Crippen LogP contribution in [0.1, 0.15) is 17.3 Å². The molecule has 0 atom stereocenters. The molecule has 0 unspecified atom stereocenters. The van der Waals surface area contributed by atoms with Crippen LogP contribution in [0, 0.1) is 4.77 Å². The third kappa shape index (κ3) is 3.13. The Labute approximate surface area is 163 Å². The minimum atomic E-state index is -0.658. The minimum absolute atomic E-state index is 0.0805. The Morgan fingerprint density at radius 2 is 2.08 bits per heavy atom. The number of carbonyl (C=O) groups excluding carboxylic acids is 1. The van der Waals surface area contributed by atoms with Crippen LogP contribution in [0.3, 0.4) is 0 Å². The standard InChI is InChI=1S/C17H13Cl2N3O3S/c1-3-22-14-13(15(23)21-17(22)26)10(16(24)25-2)7-12(20-14)9-5-4-8(18)6-11(9)19/h4-7H,3H2,1-2H3,(H,21,23,26). The van der Waals surface area contributed by atoms with E-state index in [0.29, 0.717) is 27.8 Å². The molecule has 0 bridgehead atoms. The van der Waals surface area contributed by atoms with Gasteiger partial charge in [0.2, 0.25) is 0 Å². The smallest absolute Gasteiger partial charge is 0.338 e. The summed E-state index contributed by atoms with van der Waals surface area (Å²) < 4.78 is 6.68. The number of ether oxygens (including phenoxy) is 1. The summed E-state index contributed by atoms with van der Waals surface area (Å²) in [6, 6.07) is 6.41. The first-order valence-electron chi connectivity index (χ1n) is 7.59. The molecule has 6 nitrogen and oxygen atoms in total. The fourth-order valence-electron chi connectivity index (χ4n) is 2.67. The Balaban J connectivity index is 2.49. The molecule has 2 aromatic heterocycles. The number of aromatic amines is 1. The number of hydrogen-bond acceptors (Lipinski definition) is 5. The lowest BCUT2D eigenvalue weighted by atomic mass is 10.1. The van der Waals surface area contributed by atoms with E-state index >= 15 is 0 Å². The topological polar surface area (TPSA) is 77.0 Å². The van der Waals surface area contributed by atoms with Crippen molar-refractivity contribution in [3.8, 4) is 11.3 Å². The molecule has 0 aliphatic rings. The first-order valence-corrected chi connectivity index (χ1v) is 8.75. The second-order valence-electron chi connectivity index (χ2n) is 5.37. The third-order valence-corrected chi connectivity index (χ3v) is 4.75. The van der Waals surface area contributed by atoms with Crippen molar-refractivity contribution in [1.29, 1.82) is 0 Å². The Morgan fingerprint density at radius 1 is 1.35 bits per heavy atom. The van der Waals surface area contributed by atoms with Gasteiger partial charge in [-0.15, -0.1) is 0 Å². The van der Waals surface area contributed by atoms with E-state index in [0.717, 1.165) is 0 Å². The Bertz CT molecular complexity index is 1150. The summed E-state index contributed by atoms with van der Waals surface area (Å²) in [5, 5.41) is 0.952. The van der Waals surface area contributed by atoms with Gasteiger partial charge in [-0.3, -0.25) is 9.78 Å². The second-order valence-corrected chi connectivity index (χ2v) is 6.60. The first-order chi connectivity index (χ1) is 12.4. The molecule has 0 spiro atoms. The van der Waals surface area contributed by atoms with Crippen molar-refractivity contribution in [2.24, 2.45) is 0 Å². The number of esters is 1. The van der Waals surface area contributed by atoms with Gasteiger partial charge in [-0.25, -0.2) is 9.78 Å². The van der Waals surface area contributed by atoms with Crippen molar-refractivity contribution in [2.45, 2.75) is 13.5 Å². The largest absolute Gasteiger partial charge is 0.465 e. The zero-order valence-corrected chi connectivity index (χ0v) is 16.1. The van der Waals surface area contributed by atoms with Crippen LogP contribution in [0.25, 0.3) is 22.3 Å². The number of pyridine rings is 1. The van der Waals surface area contributed by atoms with Crippen molar-refractivity contribution in [3.63, 3.8) is 0 Å². The highest BCUT2D eigenvalue weighted by Crippen LogP contribution is 2.31. The number of fused-ring (bicyclic) bond motifs is 1. The van der Waals surface area contributed by atoms with Crippen LogP contribution in [-0.4, -0.2) is 27.6 Å². The van der Waals surface area contributed by atoms with Crippen LogP contribution < -0.4 is 5.56 Å². The molecule has 3 aromatic rings. The molecule has 26 heavy (non-hydrogen) atoms. The van der Waals surface area contributed by atoms with E-state index in [1.54, 1.807) is 22.8 Å². The summed E-state index contributed by atoms with van der Waals surface area (Å²) in [5.74, 6) is -0.658. The van der Waals surface area contributed by atoms with Gasteiger partial charge in [0.05, 0.1) is 28.8 Å². The third-order valence-electron chi connectivity index (χ3n) is 3.88. The number of benzene rings is 1. The van der Waals surface area contributed by atoms with Crippen LogP contribution >= 0.6 is 35.4 Å². The fraction of sp³-hybridized carbons (Fsp3) is 0.176. The monoisotopic (exact) mass is 409 g/mol. The van der Waals surface area contributed by atoms with E-state index in [2.05, 4.69) is 9.97 Å². The predicted molar refractivity (Wildman–Crippen MR) is 104 cm³/mol. The average Bonchev–Trinajstić information content (AvgIpc) is 2.60. The van der Waals surface area contributed by atoms with Gasteiger partial charge in [-0.2, -0.15) is 0 Å². The highest BCUT2D eigenvalue weighted by Gasteiger charge is 2.20. The maximum absolute atomic E-state index is 12.4. The number of halogens is 2. The summed E-state index contributed by atoms with van der Waals surface area (Å²) in [6.07, 6.45) is 0. The molecule has 0 saturated carbocycles. The second kappa shape index (κ2) is 7.19. The number of hydrogen-bond donors (Lipinski definition) is 1. The van der Waals surface area contributed by atoms with E-state index in [9.17, 15) is 9.59 Å². The maximum Gasteiger partial charge on any atom is 0.338 e. The number of aryl methyl sites for hydroxylation is 1. The van der Waals surface area contributed by atoms with E-state index < -0.39 is 11.5 Å². The van der Waals surface area contributed by atoms with E-state index in [-0.39, 0.29) is 21.4 Å². The van der Waals surface area contributed by atoms with Crippen molar-refractivity contribution in [2.75, 3.05) is 7.11 Å². The molecule has 0 aliphatic carbocycles. The Hall–Kier alpha value is -2.22. The molecular formula is C17H13Cl2N3O3S. The first kappa shape index (κ1) is 18.6. The van der Waals surface area contributed by atoms with Crippen LogP contribution in [0.4, 0.5) is 0 Å². The van der Waals surface area contributed by atoms with Gasteiger partial charge < -0.3 is 9.30 Å². The molecule has 0 saturated heterocycles. The highest BCUT2D eigenvalue weighted by molar-refractivity contribution is 7.71. The normalized spacial score (nSPS) is 10.9. The lowest BCUT2D eigenvalue weighted by Crippen LogP contribution is -2.19. The number of aromatic nitrogens is 3. The zero-order chi connectivity index (χ0) is 19.0. The summed E-state index contributed by atoms with van der Waals surface area (Å²) in [4.78, 5) is 31.8. The summed E-state index contributed by atoms with van der Waals surface area (Å²) in [6.45, 7) is 2.31. The number of nitrogens with zero attached hydrogens (tertiary/aromatic N) is 2. The fourth-order valence-corrected chi connectivity index (χ4v) is 3.49. The van der Waals surface area contributed by atoms with Gasteiger partial charge in [-0.05, 0) is 43.4 Å². The molecule has 0 aliphatic heterocycles. The quantitative estimate of drug-likeness (QED) is 0.517. The van der Waals surface area contributed by atoms with Crippen molar-refractivity contribution in [3.05, 3.63) is 55.0 Å². The maximum atomic E-state index is 12.4. The molecule has 1 N–H and O–H groups in total. The Morgan fingerprint density at radius 3 is 2.69 bits per heavy atom. The summed E-state index contributed by atoms with van der Waals surface area (Å²) in [5.41, 5.74) is 0.831. The predicted octanol–water partition coefficient (Wildman–Crippen LogP) is 4.23. The van der Waals surface area contributed by atoms with Gasteiger partial charge in [0.15, 0.2) is 4.77 Å². The van der Waals surface area contributed by atoms with E-state index in [1.807, 2.05) is 6.92 Å². The molecule has 9 heteroatoms. The number of methoxy groups -OCH3 is 1. The van der Waals surface area contributed by atoms with Gasteiger partial charge in [0, 0.05) is 17.1 Å². The van der Waals surface area contributed by atoms with E-state index in [1.165, 1.54) is 13.2 Å². The minimum Gasteiger partial charge on any atom is -0.465 e. The molecule has 0 fully saturated rings. The lowest BCUT2D eigenvalue weighted by molar-refractivity contribution is 0.0603. The molecule has 2 heterocycles. The number of nitrogens with one attached hydrogen (secondary N) is 1.